The number of carbonyl (C=O) groups excluding carboxylic acids is 1. The number of aryl methyl sites for hydroxylation is 1. The van der Waals surface area contributed by atoms with Gasteiger partial charge in [-0.2, -0.15) is 0 Å². The highest BCUT2D eigenvalue weighted by Crippen LogP contribution is 2.31. The molecule has 0 saturated heterocycles. The van der Waals surface area contributed by atoms with E-state index in [0.29, 0.717) is 18.1 Å². The van der Waals surface area contributed by atoms with Gasteiger partial charge in [0, 0.05) is 18.5 Å². The quantitative estimate of drug-likeness (QED) is 0.738. The van der Waals surface area contributed by atoms with Gasteiger partial charge < -0.3 is 4.74 Å². The van der Waals surface area contributed by atoms with Crippen LogP contribution in [0.15, 0.2) is 18.5 Å². The molecule has 0 bridgehead atoms. The van der Waals surface area contributed by atoms with Crippen LogP contribution in [0, 0.1) is 5.92 Å². The molecule has 1 aliphatic carbocycles. The van der Waals surface area contributed by atoms with E-state index in [1.807, 2.05) is 6.07 Å². The minimum absolute atomic E-state index is 0.364. The van der Waals surface area contributed by atoms with Crippen LogP contribution in [-0.4, -0.2) is 17.9 Å². The summed E-state index contributed by atoms with van der Waals surface area (Å²) in [5.74, 6) is 1.52. The number of rotatable bonds is 5. The van der Waals surface area contributed by atoms with Crippen molar-refractivity contribution in [3.05, 3.63) is 24.0 Å². The van der Waals surface area contributed by atoms with E-state index in [-0.39, 0.29) is 0 Å². The number of ether oxygens (including phenoxy) is 1. The zero-order chi connectivity index (χ0) is 10.7. The van der Waals surface area contributed by atoms with E-state index in [2.05, 4.69) is 4.98 Å². The molecule has 0 aromatic carbocycles. The summed E-state index contributed by atoms with van der Waals surface area (Å²) in [5.41, 5.74) is 1.07. The smallest absolute Gasteiger partial charge is 0.137 e. The minimum Gasteiger partial charge on any atom is -0.495 e. The van der Waals surface area contributed by atoms with Gasteiger partial charge in [0.05, 0.1) is 13.3 Å². The van der Waals surface area contributed by atoms with E-state index in [1.165, 1.54) is 0 Å². The lowest BCUT2D eigenvalue weighted by Crippen LogP contribution is -2.02. The van der Waals surface area contributed by atoms with Gasteiger partial charge >= 0.3 is 0 Å². The van der Waals surface area contributed by atoms with Crippen LogP contribution in [0.25, 0.3) is 0 Å². The summed E-state index contributed by atoms with van der Waals surface area (Å²) in [5, 5.41) is 0. The number of nitrogens with zero attached hydrogens (tertiary/aromatic N) is 1. The Morgan fingerprint density at radius 1 is 1.53 bits per heavy atom. The Morgan fingerprint density at radius 3 is 3.00 bits per heavy atom. The Labute approximate surface area is 89.5 Å². The standard InChI is InChI=1S/C12H15NO2/c1-15-11-6-9(7-13-8-11)2-5-12(14)10-3-4-10/h6-8,10H,2-5H2,1H3. The summed E-state index contributed by atoms with van der Waals surface area (Å²) >= 11 is 0. The maximum atomic E-state index is 11.5. The van der Waals surface area contributed by atoms with E-state index in [1.54, 1.807) is 19.5 Å². The van der Waals surface area contributed by atoms with Gasteiger partial charge in [-0.15, -0.1) is 0 Å². The first-order valence-corrected chi connectivity index (χ1v) is 5.30. The van der Waals surface area contributed by atoms with Crippen molar-refractivity contribution in [2.45, 2.75) is 25.7 Å². The summed E-state index contributed by atoms with van der Waals surface area (Å²) in [6.45, 7) is 0. The lowest BCUT2D eigenvalue weighted by Gasteiger charge is -2.02. The van der Waals surface area contributed by atoms with Crippen molar-refractivity contribution in [1.82, 2.24) is 4.98 Å². The molecule has 3 nitrogen and oxygen atoms in total. The molecule has 0 aliphatic heterocycles. The Hall–Kier alpha value is -1.38. The maximum absolute atomic E-state index is 11.5. The molecule has 1 fully saturated rings. The van der Waals surface area contributed by atoms with E-state index >= 15 is 0 Å². The molecule has 1 aliphatic rings. The fourth-order valence-electron chi connectivity index (χ4n) is 1.59. The number of carbonyl (C=O) groups is 1. The third-order valence-electron chi connectivity index (χ3n) is 2.70. The SMILES string of the molecule is COc1cncc(CCC(=O)C2CC2)c1. The van der Waals surface area contributed by atoms with Gasteiger partial charge in [0.15, 0.2) is 0 Å². The van der Waals surface area contributed by atoms with Crippen molar-refractivity contribution < 1.29 is 9.53 Å². The van der Waals surface area contributed by atoms with Gasteiger partial charge in [0.2, 0.25) is 0 Å². The fraction of sp³-hybridized carbons (Fsp3) is 0.500. The van der Waals surface area contributed by atoms with Gasteiger partial charge in [0.1, 0.15) is 11.5 Å². The van der Waals surface area contributed by atoms with Crippen molar-refractivity contribution in [2.75, 3.05) is 7.11 Å². The first kappa shape index (κ1) is 10.1. The summed E-state index contributed by atoms with van der Waals surface area (Å²) in [6.07, 6.45) is 7.07. The molecule has 15 heavy (non-hydrogen) atoms. The highest BCUT2D eigenvalue weighted by atomic mass is 16.5. The molecule has 0 atom stereocenters. The second kappa shape index (κ2) is 4.43. The highest BCUT2D eigenvalue weighted by molar-refractivity contribution is 5.83. The molecule has 0 radical (unpaired) electrons. The molecular weight excluding hydrogens is 190 g/mol. The van der Waals surface area contributed by atoms with E-state index < -0.39 is 0 Å². The molecule has 1 saturated carbocycles. The molecule has 3 heteroatoms. The molecule has 0 spiro atoms. The van der Waals surface area contributed by atoms with Crippen LogP contribution in [0.1, 0.15) is 24.8 Å². The zero-order valence-corrected chi connectivity index (χ0v) is 8.90. The van der Waals surface area contributed by atoms with Crippen molar-refractivity contribution in [3.8, 4) is 5.75 Å². The van der Waals surface area contributed by atoms with Gasteiger partial charge in [-0.1, -0.05) is 0 Å². The van der Waals surface area contributed by atoms with Crippen LogP contribution >= 0.6 is 0 Å². The third kappa shape index (κ3) is 2.78. The molecule has 0 unspecified atom stereocenters. The Balaban J connectivity index is 1.89. The predicted octanol–water partition coefficient (Wildman–Crippen LogP) is 2.00. The second-order valence-electron chi connectivity index (χ2n) is 3.97. The number of methoxy groups -OCH3 is 1. The van der Waals surface area contributed by atoms with Gasteiger partial charge in [-0.3, -0.25) is 9.78 Å². The van der Waals surface area contributed by atoms with Crippen LogP contribution in [0.5, 0.6) is 5.75 Å². The first-order chi connectivity index (χ1) is 7.29. The molecule has 1 aromatic rings. The highest BCUT2D eigenvalue weighted by Gasteiger charge is 2.28. The Bertz CT molecular complexity index is 358. The molecule has 1 heterocycles. The van der Waals surface area contributed by atoms with Gasteiger partial charge in [0.25, 0.3) is 0 Å². The van der Waals surface area contributed by atoms with Gasteiger partial charge in [-0.05, 0) is 30.9 Å². The minimum atomic E-state index is 0.364. The van der Waals surface area contributed by atoms with Gasteiger partial charge in [-0.25, -0.2) is 0 Å². The number of Topliss-reactive ketones (excluding diaryl/α,β-unsaturated/α-hetero) is 1. The Morgan fingerprint density at radius 2 is 2.33 bits per heavy atom. The average Bonchev–Trinajstić information content (AvgIpc) is 3.10. The average molecular weight is 205 g/mol. The summed E-state index contributed by atoms with van der Waals surface area (Å²) in [4.78, 5) is 15.5. The number of ketones is 1. The summed E-state index contributed by atoms with van der Waals surface area (Å²) in [7, 11) is 1.62. The van der Waals surface area contributed by atoms with Crippen LogP contribution in [0.2, 0.25) is 0 Å². The van der Waals surface area contributed by atoms with Crippen molar-refractivity contribution in [1.29, 1.82) is 0 Å². The normalized spacial score (nSPS) is 15.0. The molecule has 80 valence electrons. The lowest BCUT2D eigenvalue weighted by atomic mass is 10.1. The number of hydrogen-bond acceptors (Lipinski definition) is 3. The molecule has 0 amide bonds. The maximum Gasteiger partial charge on any atom is 0.137 e. The van der Waals surface area contributed by atoms with Crippen LogP contribution < -0.4 is 4.74 Å². The number of pyridine rings is 1. The Kier molecular flexibility index (Phi) is 2.99. The largest absolute Gasteiger partial charge is 0.495 e. The third-order valence-corrected chi connectivity index (χ3v) is 2.70. The van der Waals surface area contributed by atoms with Crippen molar-refractivity contribution >= 4 is 5.78 Å². The predicted molar refractivity (Wildman–Crippen MR) is 56.8 cm³/mol. The lowest BCUT2D eigenvalue weighted by molar-refractivity contribution is -0.120. The van der Waals surface area contributed by atoms with Crippen LogP contribution in [-0.2, 0) is 11.2 Å². The summed E-state index contributed by atoms with van der Waals surface area (Å²) < 4.78 is 5.07. The monoisotopic (exact) mass is 205 g/mol. The topological polar surface area (TPSA) is 39.2 Å². The number of hydrogen-bond donors (Lipinski definition) is 0. The van der Waals surface area contributed by atoms with E-state index in [9.17, 15) is 4.79 Å². The van der Waals surface area contributed by atoms with Crippen molar-refractivity contribution in [3.63, 3.8) is 0 Å². The molecule has 1 aromatic heterocycles. The van der Waals surface area contributed by atoms with E-state index in [4.69, 9.17) is 4.74 Å². The number of aromatic nitrogens is 1. The van der Waals surface area contributed by atoms with Crippen LogP contribution in [0.3, 0.4) is 0 Å². The van der Waals surface area contributed by atoms with Crippen LogP contribution in [0.4, 0.5) is 0 Å². The molecular formula is C12H15NO2. The molecule has 0 N–H and O–H groups in total. The fourth-order valence-corrected chi connectivity index (χ4v) is 1.59. The zero-order valence-electron chi connectivity index (χ0n) is 8.90. The van der Waals surface area contributed by atoms with Crippen molar-refractivity contribution in [2.24, 2.45) is 5.92 Å². The second-order valence-corrected chi connectivity index (χ2v) is 3.97. The molecule has 2 rings (SSSR count). The first-order valence-electron chi connectivity index (χ1n) is 5.30. The summed E-state index contributed by atoms with van der Waals surface area (Å²) in [6, 6.07) is 1.94. The van der Waals surface area contributed by atoms with E-state index in [0.717, 1.165) is 30.6 Å².